The highest BCUT2D eigenvalue weighted by Gasteiger charge is 2.22. The molecule has 3 aromatic rings. The van der Waals surface area contributed by atoms with E-state index in [1.54, 1.807) is 7.11 Å². The maximum absolute atomic E-state index is 13.0. The Morgan fingerprint density at radius 2 is 1.69 bits per heavy atom. The Labute approximate surface area is 175 Å². The molecule has 5 heteroatoms. The SMILES string of the molecule is COc1ccc([C@H](NC(=O)CN2CCSc3ccccc32)c2ccccc2)cc1. The molecule has 0 unspecified atom stereocenters. The van der Waals surface area contributed by atoms with Crippen molar-refractivity contribution in [3.05, 3.63) is 90.0 Å². The third kappa shape index (κ3) is 4.57. The Morgan fingerprint density at radius 1 is 1.00 bits per heavy atom. The number of benzene rings is 3. The Bertz CT molecular complexity index is 960. The molecule has 0 spiro atoms. The summed E-state index contributed by atoms with van der Waals surface area (Å²) in [6.45, 7) is 1.21. The topological polar surface area (TPSA) is 41.6 Å². The number of hydrogen-bond donors (Lipinski definition) is 1. The number of nitrogens with zero attached hydrogens (tertiary/aromatic N) is 1. The lowest BCUT2D eigenvalue weighted by Crippen LogP contribution is -2.41. The molecule has 1 atom stereocenters. The van der Waals surface area contributed by atoms with Gasteiger partial charge in [-0.15, -0.1) is 11.8 Å². The van der Waals surface area contributed by atoms with Crippen molar-refractivity contribution in [1.82, 2.24) is 5.32 Å². The van der Waals surface area contributed by atoms with Crippen LogP contribution in [0.4, 0.5) is 5.69 Å². The second-order valence-electron chi connectivity index (χ2n) is 6.92. The van der Waals surface area contributed by atoms with Crippen LogP contribution in [0.5, 0.6) is 5.75 Å². The van der Waals surface area contributed by atoms with Crippen LogP contribution in [-0.4, -0.2) is 31.9 Å². The summed E-state index contributed by atoms with van der Waals surface area (Å²) in [5.41, 5.74) is 3.22. The lowest BCUT2D eigenvalue weighted by atomic mass is 9.98. The molecule has 1 aliphatic rings. The van der Waals surface area contributed by atoms with Crippen molar-refractivity contribution in [3.63, 3.8) is 0 Å². The summed E-state index contributed by atoms with van der Waals surface area (Å²) < 4.78 is 5.27. The van der Waals surface area contributed by atoms with E-state index >= 15 is 0 Å². The number of carbonyl (C=O) groups is 1. The zero-order chi connectivity index (χ0) is 20.1. The van der Waals surface area contributed by atoms with E-state index in [4.69, 9.17) is 4.74 Å². The van der Waals surface area contributed by atoms with E-state index in [-0.39, 0.29) is 11.9 Å². The number of nitrogens with one attached hydrogen (secondary N) is 1. The summed E-state index contributed by atoms with van der Waals surface area (Å²) in [7, 11) is 1.65. The van der Waals surface area contributed by atoms with Gasteiger partial charge in [-0.25, -0.2) is 0 Å². The molecule has 4 rings (SSSR count). The number of hydrogen-bond acceptors (Lipinski definition) is 4. The molecule has 1 amide bonds. The standard InChI is InChI=1S/C24H24N2O2S/c1-28-20-13-11-19(12-14-20)24(18-7-3-2-4-8-18)25-23(27)17-26-15-16-29-22-10-6-5-9-21(22)26/h2-14,24H,15-17H2,1H3,(H,25,27)/t24-/m1/s1. The highest BCUT2D eigenvalue weighted by molar-refractivity contribution is 7.99. The number of carbonyl (C=O) groups excluding carboxylic acids is 1. The summed E-state index contributed by atoms with van der Waals surface area (Å²) in [6, 6.07) is 26.0. The quantitative estimate of drug-likeness (QED) is 0.656. The maximum atomic E-state index is 13.0. The molecule has 148 valence electrons. The van der Waals surface area contributed by atoms with Gasteiger partial charge < -0.3 is 15.0 Å². The molecule has 0 fully saturated rings. The number of rotatable bonds is 6. The fraction of sp³-hybridized carbons (Fsp3) is 0.208. The van der Waals surface area contributed by atoms with E-state index in [9.17, 15) is 4.79 Å². The molecule has 0 saturated carbocycles. The zero-order valence-electron chi connectivity index (χ0n) is 16.4. The molecule has 0 radical (unpaired) electrons. The van der Waals surface area contributed by atoms with Crippen LogP contribution in [0.25, 0.3) is 0 Å². The smallest absolute Gasteiger partial charge is 0.240 e. The van der Waals surface area contributed by atoms with Crippen LogP contribution in [0, 0.1) is 0 Å². The van der Waals surface area contributed by atoms with Crippen LogP contribution in [0.15, 0.2) is 83.8 Å². The van der Waals surface area contributed by atoms with Crippen molar-refractivity contribution in [2.45, 2.75) is 10.9 Å². The predicted octanol–water partition coefficient (Wildman–Crippen LogP) is 4.51. The number of methoxy groups -OCH3 is 1. The van der Waals surface area contributed by atoms with Crippen LogP contribution in [0.2, 0.25) is 0 Å². The predicted molar refractivity (Wildman–Crippen MR) is 119 cm³/mol. The first-order chi connectivity index (χ1) is 14.2. The van der Waals surface area contributed by atoms with Crippen LogP contribution in [0.1, 0.15) is 17.2 Å². The average molecular weight is 405 g/mol. The first kappa shape index (κ1) is 19.4. The summed E-state index contributed by atoms with van der Waals surface area (Å²) in [5.74, 6) is 1.80. The molecule has 1 aliphatic heterocycles. The molecule has 29 heavy (non-hydrogen) atoms. The number of fused-ring (bicyclic) bond motifs is 1. The minimum Gasteiger partial charge on any atom is -0.497 e. The summed E-state index contributed by atoms with van der Waals surface area (Å²) in [4.78, 5) is 16.4. The molecule has 0 bridgehead atoms. The van der Waals surface area contributed by atoms with Gasteiger partial charge in [0, 0.05) is 17.2 Å². The monoisotopic (exact) mass is 404 g/mol. The molecule has 0 aliphatic carbocycles. The van der Waals surface area contributed by atoms with Gasteiger partial charge in [0.2, 0.25) is 5.91 Å². The molecule has 4 nitrogen and oxygen atoms in total. The van der Waals surface area contributed by atoms with E-state index in [0.29, 0.717) is 6.54 Å². The van der Waals surface area contributed by atoms with Gasteiger partial charge in [0.1, 0.15) is 5.75 Å². The molecule has 3 aromatic carbocycles. The van der Waals surface area contributed by atoms with Crippen molar-refractivity contribution in [1.29, 1.82) is 0 Å². The highest BCUT2D eigenvalue weighted by Crippen LogP contribution is 2.34. The van der Waals surface area contributed by atoms with Crippen molar-refractivity contribution in [3.8, 4) is 5.75 Å². The first-order valence-electron chi connectivity index (χ1n) is 9.69. The number of amides is 1. The molecule has 1 heterocycles. The second-order valence-corrected chi connectivity index (χ2v) is 8.06. The second kappa shape index (κ2) is 9.05. The molecular weight excluding hydrogens is 380 g/mol. The highest BCUT2D eigenvalue weighted by atomic mass is 32.2. The normalized spacial score (nSPS) is 14.0. The van der Waals surface area contributed by atoms with Gasteiger partial charge in [0.15, 0.2) is 0 Å². The van der Waals surface area contributed by atoms with Crippen molar-refractivity contribution >= 4 is 23.4 Å². The minimum absolute atomic E-state index is 0.0105. The molecular formula is C24H24N2O2S. The van der Waals surface area contributed by atoms with E-state index in [0.717, 1.165) is 34.9 Å². The number of thioether (sulfide) groups is 1. The van der Waals surface area contributed by atoms with Crippen molar-refractivity contribution in [2.24, 2.45) is 0 Å². The summed E-state index contributed by atoms with van der Waals surface area (Å²) >= 11 is 1.85. The van der Waals surface area contributed by atoms with Gasteiger partial charge >= 0.3 is 0 Å². The van der Waals surface area contributed by atoms with Crippen LogP contribution < -0.4 is 15.0 Å². The van der Waals surface area contributed by atoms with E-state index < -0.39 is 0 Å². The van der Waals surface area contributed by atoms with Gasteiger partial charge in [-0.2, -0.15) is 0 Å². The fourth-order valence-electron chi connectivity index (χ4n) is 3.57. The van der Waals surface area contributed by atoms with Gasteiger partial charge in [0.25, 0.3) is 0 Å². The Hall–Kier alpha value is -2.92. The van der Waals surface area contributed by atoms with Gasteiger partial charge in [-0.1, -0.05) is 54.6 Å². The van der Waals surface area contributed by atoms with Gasteiger partial charge in [-0.3, -0.25) is 4.79 Å². The van der Waals surface area contributed by atoms with Crippen LogP contribution >= 0.6 is 11.8 Å². The fourth-order valence-corrected chi connectivity index (χ4v) is 4.62. The van der Waals surface area contributed by atoms with Crippen molar-refractivity contribution in [2.75, 3.05) is 30.9 Å². The first-order valence-corrected chi connectivity index (χ1v) is 10.7. The van der Waals surface area contributed by atoms with Gasteiger partial charge in [0.05, 0.1) is 25.4 Å². The molecule has 1 N–H and O–H groups in total. The maximum Gasteiger partial charge on any atom is 0.240 e. The third-order valence-electron chi connectivity index (χ3n) is 5.05. The van der Waals surface area contributed by atoms with Crippen molar-refractivity contribution < 1.29 is 9.53 Å². The van der Waals surface area contributed by atoms with Crippen LogP contribution in [-0.2, 0) is 4.79 Å². The molecule has 0 aromatic heterocycles. The Morgan fingerprint density at radius 3 is 2.45 bits per heavy atom. The number of para-hydroxylation sites is 1. The summed E-state index contributed by atoms with van der Waals surface area (Å²) in [6.07, 6.45) is 0. The van der Waals surface area contributed by atoms with E-state index in [2.05, 4.69) is 22.3 Å². The van der Waals surface area contributed by atoms with E-state index in [1.165, 1.54) is 4.90 Å². The molecule has 0 saturated heterocycles. The number of ether oxygens (including phenoxy) is 1. The number of anilines is 1. The average Bonchev–Trinajstić information content (AvgIpc) is 2.78. The Kier molecular flexibility index (Phi) is 6.06. The largest absolute Gasteiger partial charge is 0.497 e. The Balaban J connectivity index is 1.54. The zero-order valence-corrected chi connectivity index (χ0v) is 17.2. The van der Waals surface area contributed by atoms with Gasteiger partial charge in [-0.05, 0) is 35.4 Å². The summed E-state index contributed by atoms with van der Waals surface area (Å²) in [5, 5.41) is 3.24. The lowest BCUT2D eigenvalue weighted by molar-refractivity contribution is -0.120. The van der Waals surface area contributed by atoms with E-state index in [1.807, 2.05) is 78.5 Å². The third-order valence-corrected chi connectivity index (χ3v) is 6.09. The minimum atomic E-state index is -0.205. The van der Waals surface area contributed by atoms with Crippen LogP contribution in [0.3, 0.4) is 0 Å². The lowest BCUT2D eigenvalue weighted by Gasteiger charge is -2.31.